The molecule has 0 aromatic heterocycles. The van der Waals surface area contributed by atoms with Crippen molar-refractivity contribution in [2.75, 3.05) is 7.11 Å². The minimum atomic E-state index is -0.423. The predicted molar refractivity (Wildman–Crippen MR) is 106 cm³/mol. The first-order valence-corrected chi connectivity index (χ1v) is 9.94. The van der Waals surface area contributed by atoms with Crippen LogP contribution in [0.5, 0.6) is 0 Å². The fourth-order valence-electron chi connectivity index (χ4n) is 2.71. The molecule has 0 heterocycles. The number of hydrogen-bond donors (Lipinski definition) is 1. The topological polar surface area (TPSA) is 78.4 Å². The maximum absolute atomic E-state index is 11.4. The summed E-state index contributed by atoms with van der Waals surface area (Å²) in [6.07, 6.45) is 21.3. The molecule has 0 saturated heterocycles. The van der Waals surface area contributed by atoms with Crippen LogP contribution in [-0.4, -0.2) is 18.9 Å². The Morgan fingerprint density at radius 2 is 1.24 bits per heavy atom. The molecular formula is C21H41NO3. The van der Waals surface area contributed by atoms with E-state index in [2.05, 4.69) is 23.8 Å². The largest absolute Gasteiger partial charge is 0.469 e. The van der Waals surface area contributed by atoms with E-state index in [9.17, 15) is 9.59 Å². The Morgan fingerprint density at radius 1 is 0.760 bits per heavy atom. The molecule has 4 heteroatoms. The van der Waals surface area contributed by atoms with Gasteiger partial charge in [0.15, 0.2) is 0 Å². The fraction of sp³-hybridized carbons (Fsp3) is 0.810. The Morgan fingerprint density at radius 3 is 1.76 bits per heavy atom. The van der Waals surface area contributed by atoms with Crippen LogP contribution in [0.1, 0.15) is 103 Å². The summed E-state index contributed by atoms with van der Waals surface area (Å²) in [7, 11) is 1.32. The van der Waals surface area contributed by atoms with Crippen molar-refractivity contribution in [2.24, 2.45) is 0 Å². The molecule has 0 aliphatic rings. The van der Waals surface area contributed by atoms with Crippen molar-refractivity contribution in [3.05, 3.63) is 12.2 Å². The normalized spacial score (nSPS) is 10.6. The highest BCUT2D eigenvalue weighted by atomic mass is 16.5. The summed E-state index contributed by atoms with van der Waals surface area (Å²) in [5, 5.41) is 0. The van der Waals surface area contributed by atoms with E-state index in [0.29, 0.717) is 6.42 Å². The number of rotatable bonds is 17. The van der Waals surface area contributed by atoms with Crippen LogP contribution >= 0.6 is 0 Å². The number of carbonyl (C=O) groups is 2. The number of hydrogen-bond acceptors (Lipinski definition) is 4. The summed E-state index contributed by atoms with van der Waals surface area (Å²) in [6, 6.07) is 0. The third-order valence-electron chi connectivity index (χ3n) is 4.29. The monoisotopic (exact) mass is 355 g/mol. The second kappa shape index (κ2) is 20.9. The van der Waals surface area contributed by atoms with Crippen molar-refractivity contribution in [3.63, 3.8) is 0 Å². The van der Waals surface area contributed by atoms with Gasteiger partial charge < -0.3 is 10.9 Å². The third kappa shape index (κ3) is 20.8. The van der Waals surface area contributed by atoms with Gasteiger partial charge in [-0.3, -0.25) is 9.59 Å². The summed E-state index contributed by atoms with van der Waals surface area (Å²) in [5.41, 5.74) is 0. The van der Waals surface area contributed by atoms with E-state index in [0.717, 1.165) is 12.8 Å². The van der Waals surface area contributed by atoms with Crippen LogP contribution in [0.4, 0.5) is 0 Å². The van der Waals surface area contributed by atoms with E-state index >= 15 is 0 Å². The molecule has 25 heavy (non-hydrogen) atoms. The summed E-state index contributed by atoms with van der Waals surface area (Å²) >= 11 is 0. The Bertz CT molecular complexity index is 340. The summed E-state index contributed by atoms with van der Waals surface area (Å²) in [4.78, 5) is 22.4. The maximum Gasteiger partial charge on any atom is 0.313 e. The van der Waals surface area contributed by atoms with Crippen molar-refractivity contribution in [1.29, 1.82) is 0 Å². The first-order chi connectivity index (χ1) is 11.7. The standard InChI is InChI=1S/C21H38O3.H3N/c1-3-4-5-6-7-8-9-10-11-12-13-14-15-16-17-18-20(22)19-21(23)24-2;/h10-11H,3-9,12-19H2,1-2H3;1H3/b11-10-;. The van der Waals surface area contributed by atoms with E-state index < -0.39 is 5.97 Å². The second-order valence-corrected chi connectivity index (χ2v) is 6.63. The highest BCUT2D eigenvalue weighted by Gasteiger charge is 2.08. The summed E-state index contributed by atoms with van der Waals surface area (Å²) < 4.78 is 4.48. The van der Waals surface area contributed by atoms with Crippen LogP contribution in [0.15, 0.2) is 12.2 Å². The molecule has 0 aromatic rings. The molecule has 0 spiro atoms. The Labute approximate surface area is 155 Å². The first-order valence-electron chi connectivity index (χ1n) is 9.94. The van der Waals surface area contributed by atoms with Gasteiger partial charge >= 0.3 is 5.97 Å². The zero-order valence-corrected chi connectivity index (χ0v) is 16.7. The molecule has 0 amide bonds. The van der Waals surface area contributed by atoms with Gasteiger partial charge in [0, 0.05) is 6.42 Å². The fourth-order valence-corrected chi connectivity index (χ4v) is 2.71. The minimum Gasteiger partial charge on any atom is -0.469 e. The van der Waals surface area contributed by atoms with Crippen molar-refractivity contribution in [2.45, 2.75) is 103 Å². The number of ether oxygens (including phenoxy) is 1. The molecule has 0 aromatic carbocycles. The van der Waals surface area contributed by atoms with Crippen LogP contribution in [0.3, 0.4) is 0 Å². The average Bonchev–Trinajstić information content (AvgIpc) is 2.58. The van der Waals surface area contributed by atoms with Crippen LogP contribution in [0.2, 0.25) is 0 Å². The molecule has 0 fully saturated rings. The van der Waals surface area contributed by atoms with Gasteiger partial charge in [0.25, 0.3) is 0 Å². The second-order valence-electron chi connectivity index (χ2n) is 6.63. The van der Waals surface area contributed by atoms with Crippen molar-refractivity contribution in [1.82, 2.24) is 6.15 Å². The van der Waals surface area contributed by atoms with Crippen LogP contribution < -0.4 is 6.15 Å². The molecule has 0 unspecified atom stereocenters. The first kappa shape index (κ1) is 26.1. The number of Topliss-reactive ketones (excluding diaryl/α,β-unsaturated/α-hetero) is 1. The highest BCUT2D eigenvalue weighted by molar-refractivity contribution is 5.95. The lowest BCUT2D eigenvalue weighted by atomic mass is 10.1. The number of esters is 1. The summed E-state index contributed by atoms with van der Waals surface area (Å²) in [6.45, 7) is 2.26. The van der Waals surface area contributed by atoms with Crippen LogP contribution in [0.25, 0.3) is 0 Å². The van der Waals surface area contributed by atoms with E-state index in [-0.39, 0.29) is 18.4 Å². The smallest absolute Gasteiger partial charge is 0.313 e. The number of methoxy groups -OCH3 is 1. The summed E-state index contributed by atoms with van der Waals surface area (Å²) in [5.74, 6) is -0.424. The lowest BCUT2D eigenvalue weighted by Crippen LogP contribution is -2.08. The van der Waals surface area contributed by atoms with Gasteiger partial charge in [-0.15, -0.1) is 0 Å². The minimum absolute atomic E-state index is 0. The van der Waals surface area contributed by atoms with E-state index in [1.54, 1.807) is 0 Å². The molecule has 0 atom stereocenters. The number of allylic oxidation sites excluding steroid dienone is 2. The van der Waals surface area contributed by atoms with E-state index in [4.69, 9.17) is 0 Å². The van der Waals surface area contributed by atoms with Gasteiger partial charge in [-0.1, -0.05) is 70.4 Å². The molecule has 0 radical (unpaired) electrons. The lowest BCUT2D eigenvalue weighted by molar-refractivity contribution is -0.143. The van der Waals surface area contributed by atoms with Crippen LogP contribution in [-0.2, 0) is 14.3 Å². The number of unbranched alkanes of at least 4 members (excludes halogenated alkanes) is 11. The van der Waals surface area contributed by atoms with E-state index in [1.807, 2.05) is 0 Å². The average molecular weight is 356 g/mol. The van der Waals surface area contributed by atoms with Crippen LogP contribution in [0, 0.1) is 0 Å². The molecule has 0 rings (SSSR count). The number of ketones is 1. The molecular weight excluding hydrogens is 314 g/mol. The zero-order valence-electron chi connectivity index (χ0n) is 16.7. The van der Waals surface area contributed by atoms with Crippen molar-refractivity contribution >= 4 is 11.8 Å². The Kier molecular flexibility index (Phi) is 21.8. The molecule has 0 bridgehead atoms. The highest BCUT2D eigenvalue weighted by Crippen LogP contribution is 2.10. The zero-order chi connectivity index (χ0) is 17.9. The Balaban J connectivity index is 0. The molecule has 0 saturated carbocycles. The van der Waals surface area contributed by atoms with Gasteiger partial charge in [-0.2, -0.15) is 0 Å². The Hall–Kier alpha value is -1.16. The van der Waals surface area contributed by atoms with Gasteiger partial charge in [-0.05, 0) is 32.1 Å². The molecule has 148 valence electrons. The van der Waals surface area contributed by atoms with Gasteiger partial charge in [0.1, 0.15) is 12.2 Å². The maximum atomic E-state index is 11.4. The molecule has 3 N–H and O–H groups in total. The lowest BCUT2D eigenvalue weighted by Gasteiger charge is -2.01. The van der Waals surface area contributed by atoms with Gasteiger partial charge in [-0.25, -0.2) is 0 Å². The van der Waals surface area contributed by atoms with E-state index in [1.165, 1.54) is 77.7 Å². The van der Waals surface area contributed by atoms with Gasteiger partial charge in [0.05, 0.1) is 7.11 Å². The molecule has 0 aliphatic heterocycles. The van der Waals surface area contributed by atoms with Crippen molar-refractivity contribution in [3.8, 4) is 0 Å². The number of carbonyl (C=O) groups excluding carboxylic acids is 2. The molecule has 0 aliphatic carbocycles. The quantitative estimate of drug-likeness (QED) is 0.143. The third-order valence-corrected chi connectivity index (χ3v) is 4.29. The molecule has 4 nitrogen and oxygen atoms in total. The predicted octanol–water partition coefficient (Wildman–Crippen LogP) is 6.32. The SMILES string of the molecule is CCCCCCCC/C=C\CCCCCCCC(=O)CC(=O)OC.N. The van der Waals surface area contributed by atoms with Crippen molar-refractivity contribution < 1.29 is 14.3 Å². The van der Waals surface area contributed by atoms with Gasteiger partial charge in [0.2, 0.25) is 0 Å².